The van der Waals surface area contributed by atoms with Crippen molar-refractivity contribution in [3.63, 3.8) is 0 Å². The molecule has 25 heavy (non-hydrogen) atoms. The third-order valence-corrected chi connectivity index (χ3v) is 6.04. The standard InChI is InChI=1S/C21H32N2O2/c1-14(2)17-9-10-19(20(24)12-17)21(25)22-11-5-6-18(13-22)23-15(3)7-8-16(23)4/h9-10,12,14-16,18,24H,5-8,11,13H2,1-4H3/t15-,16+,18-/m1/s1. The topological polar surface area (TPSA) is 43.8 Å². The molecule has 0 unspecified atom stereocenters. The Labute approximate surface area is 151 Å². The predicted octanol–water partition coefficient (Wildman–Crippen LogP) is 3.99. The maximum absolute atomic E-state index is 13.0. The van der Waals surface area contributed by atoms with Gasteiger partial charge in [-0.15, -0.1) is 0 Å². The molecule has 2 fully saturated rings. The van der Waals surface area contributed by atoms with Crippen molar-refractivity contribution in [2.45, 2.75) is 77.4 Å². The number of amides is 1. The number of phenols is 1. The van der Waals surface area contributed by atoms with Gasteiger partial charge in [0.25, 0.3) is 5.91 Å². The largest absolute Gasteiger partial charge is 0.507 e. The maximum atomic E-state index is 13.0. The summed E-state index contributed by atoms with van der Waals surface area (Å²) in [5.74, 6) is 0.422. The van der Waals surface area contributed by atoms with Crippen molar-refractivity contribution in [3.05, 3.63) is 29.3 Å². The fourth-order valence-corrected chi connectivity index (χ4v) is 4.58. The van der Waals surface area contributed by atoms with Crippen molar-refractivity contribution < 1.29 is 9.90 Å². The molecule has 1 aromatic rings. The number of nitrogens with zero attached hydrogens (tertiary/aromatic N) is 2. The SMILES string of the molecule is CC(C)c1ccc(C(=O)N2CCC[C@@H](N3[C@H](C)CC[C@@H]3C)C2)c(O)c1. The number of hydrogen-bond acceptors (Lipinski definition) is 3. The van der Waals surface area contributed by atoms with Crippen molar-refractivity contribution in [2.24, 2.45) is 0 Å². The molecular formula is C21H32N2O2. The Balaban J connectivity index is 1.74. The van der Waals surface area contributed by atoms with E-state index in [1.54, 1.807) is 12.1 Å². The van der Waals surface area contributed by atoms with Crippen molar-refractivity contribution >= 4 is 5.91 Å². The van der Waals surface area contributed by atoms with Gasteiger partial charge in [0.05, 0.1) is 5.56 Å². The number of aromatic hydroxyl groups is 1. The molecular weight excluding hydrogens is 312 g/mol. The minimum Gasteiger partial charge on any atom is -0.507 e. The smallest absolute Gasteiger partial charge is 0.257 e. The number of rotatable bonds is 3. The van der Waals surface area contributed by atoms with Gasteiger partial charge in [0.15, 0.2) is 0 Å². The zero-order valence-corrected chi connectivity index (χ0v) is 16.0. The second-order valence-electron chi connectivity index (χ2n) is 8.20. The van der Waals surface area contributed by atoms with Gasteiger partial charge in [-0.3, -0.25) is 9.69 Å². The fraction of sp³-hybridized carbons (Fsp3) is 0.667. The van der Waals surface area contributed by atoms with Gasteiger partial charge in [0.2, 0.25) is 0 Å². The Hall–Kier alpha value is -1.55. The lowest BCUT2D eigenvalue weighted by atomic mass is 9.98. The van der Waals surface area contributed by atoms with E-state index in [4.69, 9.17) is 0 Å². The van der Waals surface area contributed by atoms with Gasteiger partial charge in [-0.1, -0.05) is 19.9 Å². The summed E-state index contributed by atoms with van der Waals surface area (Å²) in [6.45, 7) is 10.4. The fourth-order valence-electron chi connectivity index (χ4n) is 4.58. The highest BCUT2D eigenvalue weighted by Crippen LogP contribution is 2.31. The predicted molar refractivity (Wildman–Crippen MR) is 101 cm³/mol. The summed E-state index contributed by atoms with van der Waals surface area (Å²) in [5.41, 5.74) is 1.50. The van der Waals surface area contributed by atoms with Crippen molar-refractivity contribution in [1.82, 2.24) is 9.80 Å². The van der Waals surface area contributed by atoms with Crippen LogP contribution in [0.5, 0.6) is 5.75 Å². The third-order valence-electron chi connectivity index (χ3n) is 6.04. The van der Waals surface area contributed by atoms with Crippen molar-refractivity contribution in [2.75, 3.05) is 13.1 Å². The summed E-state index contributed by atoms with van der Waals surface area (Å²) in [6, 6.07) is 7.15. The molecule has 3 rings (SSSR count). The van der Waals surface area contributed by atoms with Crippen LogP contribution < -0.4 is 0 Å². The van der Waals surface area contributed by atoms with Crippen LogP contribution in [0.4, 0.5) is 0 Å². The second-order valence-corrected chi connectivity index (χ2v) is 8.20. The molecule has 2 aliphatic rings. The molecule has 0 bridgehead atoms. The van der Waals surface area contributed by atoms with Gasteiger partial charge in [-0.25, -0.2) is 0 Å². The molecule has 4 nitrogen and oxygen atoms in total. The number of likely N-dealkylation sites (tertiary alicyclic amines) is 2. The minimum atomic E-state index is -0.0305. The van der Waals surface area contributed by atoms with Crippen molar-refractivity contribution in [1.29, 1.82) is 0 Å². The average molecular weight is 344 g/mol. The van der Waals surface area contributed by atoms with Crippen LogP contribution in [0.1, 0.15) is 75.2 Å². The van der Waals surface area contributed by atoms with Crippen LogP contribution in [0.15, 0.2) is 18.2 Å². The van der Waals surface area contributed by atoms with Gasteiger partial charge >= 0.3 is 0 Å². The minimum absolute atomic E-state index is 0.0305. The van der Waals surface area contributed by atoms with Gasteiger partial charge < -0.3 is 10.0 Å². The number of carbonyl (C=O) groups excluding carboxylic acids is 1. The van der Waals surface area contributed by atoms with E-state index in [9.17, 15) is 9.90 Å². The molecule has 138 valence electrons. The highest BCUT2D eigenvalue weighted by atomic mass is 16.3. The van der Waals surface area contributed by atoms with Crippen LogP contribution in [-0.4, -0.2) is 52.0 Å². The summed E-state index contributed by atoms with van der Waals surface area (Å²) < 4.78 is 0. The Morgan fingerprint density at radius 3 is 2.44 bits per heavy atom. The average Bonchev–Trinajstić information content (AvgIpc) is 2.93. The molecule has 3 atom stereocenters. The van der Waals surface area contributed by atoms with Crippen LogP contribution in [-0.2, 0) is 0 Å². The normalized spacial score (nSPS) is 27.9. The first kappa shape index (κ1) is 18.2. The zero-order chi connectivity index (χ0) is 18.1. The molecule has 0 aliphatic carbocycles. The van der Waals surface area contributed by atoms with E-state index in [-0.39, 0.29) is 11.7 Å². The summed E-state index contributed by atoms with van der Waals surface area (Å²) in [7, 11) is 0. The molecule has 2 heterocycles. The quantitative estimate of drug-likeness (QED) is 0.901. The summed E-state index contributed by atoms with van der Waals surface area (Å²) in [4.78, 5) is 17.5. The van der Waals surface area contributed by atoms with Crippen LogP contribution in [0.3, 0.4) is 0 Å². The molecule has 0 radical (unpaired) electrons. The van der Waals surface area contributed by atoms with Gasteiger partial charge in [0, 0.05) is 31.2 Å². The number of hydrogen-bond donors (Lipinski definition) is 1. The number of benzene rings is 1. The van der Waals surface area contributed by atoms with Crippen LogP contribution >= 0.6 is 0 Å². The number of phenolic OH excluding ortho intramolecular Hbond substituents is 1. The third kappa shape index (κ3) is 3.69. The first-order valence-electron chi connectivity index (χ1n) is 9.78. The van der Waals surface area contributed by atoms with E-state index < -0.39 is 0 Å². The molecule has 1 N–H and O–H groups in total. The Morgan fingerprint density at radius 2 is 1.84 bits per heavy atom. The zero-order valence-electron chi connectivity index (χ0n) is 16.0. The van der Waals surface area contributed by atoms with E-state index >= 15 is 0 Å². The van der Waals surface area contributed by atoms with E-state index in [1.165, 1.54) is 12.8 Å². The molecule has 0 spiro atoms. The van der Waals surface area contributed by atoms with E-state index in [0.717, 1.165) is 31.5 Å². The van der Waals surface area contributed by atoms with Gasteiger partial charge in [-0.05, 0) is 63.1 Å². The Bertz CT molecular complexity index is 618. The summed E-state index contributed by atoms with van der Waals surface area (Å²) >= 11 is 0. The van der Waals surface area contributed by atoms with E-state index in [0.29, 0.717) is 29.6 Å². The highest BCUT2D eigenvalue weighted by Gasteiger charge is 2.36. The number of carbonyl (C=O) groups is 1. The van der Waals surface area contributed by atoms with Crippen molar-refractivity contribution in [3.8, 4) is 5.75 Å². The Kier molecular flexibility index (Phi) is 5.38. The number of piperidine rings is 1. The van der Waals surface area contributed by atoms with Crippen LogP contribution in [0.2, 0.25) is 0 Å². The first-order chi connectivity index (χ1) is 11.9. The lowest BCUT2D eigenvalue weighted by molar-refractivity contribution is 0.0484. The van der Waals surface area contributed by atoms with Crippen LogP contribution in [0, 0.1) is 0 Å². The molecule has 2 saturated heterocycles. The molecule has 0 saturated carbocycles. The van der Waals surface area contributed by atoms with E-state index in [1.807, 2.05) is 11.0 Å². The Morgan fingerprint density at radius 1 is 1.16 bits per heavy atom. The van der Waals surface area contributed by atoms with Gasteiger partial charge in [0.1, 0.15) is 5.75 Å². The maximum Gasteiger partial charge on any atom is 0.257 e. The summed E-state index contributed by atoms with van der Waals surface area (Å²) in [5, 5.41) is 10.3. The highest BCUT2D eigenvalue weighted by molar-refractivity contribution is 5.97. The van der Waals surface area contributed by atoms with Gasteiger partial charge in [-0.2, -0.15) is 0 Å². The molecule has 1 amide bonds. The second kappa shape index (κ2) is 7.36. The van der Waals surface area contributed by atoms with Crippen LogP contribution in [0.25, 0.3) is 0 Å². The van der Waals surface area contributed by atoms with E-state index in [2.05, 4.69) is 32.6 Å². The molecule has 4 heteroatoms. The first-order valence-corrected chi connectivity index (χ1v) is 9.78. The molecule has 1 aromatic carbocycles. The summed E-state index contributed by atoms with van der Waals surface area (Å²) in [6.07, 6.45) is 4.71. The molecule has 2 aliphatic heterocycles. The lowest BCUT2D eigenvalue weighted by Crippen LogP contribution is -2.52. The lowest BCUT2D eigenvalue weighted by Gasteiger charge is -2.41. The monoisotopic (exact) mass is 344 g/mol. The molecule has 0 aromatic heterocycles.